The predicted molar refractivity (Wildman–Crippen MR) is 62.6 cm³/mol. The Kier molecular flexibility index (Phi) is 5.22. The first-order chi connectivity index (χ1) is 8.13. The van der Waals surface area contributed by atoms with Gasteiger partial charge in [0.15, 0.2) is 0 Å². The van der Waals surface area contributed by atoms with Crippen LogP contribution in [0.1, 0.15) is 6.42 Å². The van der Waals surface area contributed by atoms with Gasteiger partial charge in [-0.05, 0) is 6.07 Å². The molecule has 0 aromatic carbocycles. The Balaban J connectivity index is 2.45. The summed E-state index contributed by atoms with van der Waals surface area (Å²) in [6, 6.07) is 2.80. The molecule has 0 aliphatic rings. The van der Waals surface area contributed by atoms with E-state index in [1.54, 1.807) is 7.11 Å². The van der Waals surface area contributed by atoms with Crippen molar-refractivity contribution >= 4 is 11.7 Å². The summed E-state index contributed by atoms with van der Waals surface area (Å²) in [7, 11) is 1.58. The quantitative estimate of drug-likeness (QED) is 0.559. The topological polar surface area (TPSA) is 83.6 Å². The number of rotatable bonds is 6. The third kappa shape index (κ3) is 4.69. The Morgan fingerprint density at radius 1 is 1.41 bits per heavy atom. The fourth-order valence-electron chi connectivity index (χ4n) is 1.25. The molecule has 0 bridgehead atoms. The number of pyridine rings is 1. The van der Waals surface area contributed by atoms with Crippen LogP contribution >= 0.6 is 0 Å². The van der Waals surface area contributed by atoms with E-state index in [9.17, 15) is 9.59 Å². The zero-order valence-corrected chi connectivity index (χ0v) is 9.72. The second-order valence-electron chi connectivity index (χ2n) is 3.50. The van der Waals surface area contributed by atoms with E-state index in [0.29, 0.717) is 18.7 Å². The second kappa shape index (κ2) is 6.70. The standard InChI is InChI=1S/C11H16N2O4/c1-16-5-2-6-17-11(15)8-13-7-9(12)3-4-10(13)14/h3-4,7H,2,5-6,8,12H2,1H3. The second-order valence-corrected chi connectivity index (χ2v) is 3.50. The Morgan fingerprint density at radius 3 is 2.88 bits per heavy atom. The van der Waals surface area contributed by atoms with Crippen LogP contribution in [0.2, 0.25) is 0 Å². The minimum atomic E-state index is -0.464. The molecule has 0 aliphatic heterocycles. The van der Waals surface area contributed by atoms with E-state index in [1.807, 2.05) is 0 Å². The molecule has 0 saturated carbocycles. The fourth-order valence-corrected chi connectivity index (χ4v) is 1.25. The van der Waals surface area contributed by atoms with E-state index in [2.05, 4.69) is 0 Å². The summed E-state index contributed by atoms with van der Waals surface area (Å²) in [5.74, 6) is -0.464. The van der Waals surface area contributed by atoms with E-state index in [-0.39, 0.29) is 18.7 Å². The average molecular weight is 240 g/mol. The molecule has 17 heavy (non-hydrogen) atoms. The number of esters is 1. The lowest BCUT2D eigenvalue weighted by molar-refractivity contribution is -0.144. The van der Waals surface area contributed by atoms with Crippen LogP contribution in [0.25, 0.3) is 0 Å². The highest BCUT2D eigenvalue weighted by Gasteiger charge is 2.05. The minimum Gasteiger partial charge on any atom is -0.464 e. The van der Waals surface area contributed by atoms with Crippen molar-refractivity contribution < 1.29 is 14.3 Å². The third-order valence-corrected chi connectivity index (χ3v) is 2.06. The number of anilines is 1. The van der Waals surface area contributed by atoms with Gasteiger partial charge in [-0.2, -0.15) is 0 Å². The van der Waals surface area contributed by atoms with Gasteiger partial charge in [-0.3, -0.25) is 9.59 Å². The van der Waals surface area contributed by atoms with Crippen molar-refractivity contribution in [1.29, 1.82) is 0 Å². The Labute approximate surface area is 98.9 Å². The molecule has 6 heteroatoms. The summed E-state index contributed by atoms with van der Waals surface area (Å²) in [6.07, 6.45) is 2.05. The highest BCUT2D eigenvalue weighted by molar-refractivity contribution is 5.69. The van der Waals surface area contributed by atoms with Crippen molar-refractivity contribution in [2.24, 2.45) is 0 Å². The maximum atomic E-state index is 11.4. The maximum Gasteiger partial charge on any atom is 0.326 e. The van der Waals surface area contributed by atoms with Crippen LogP contribution in [0.5, 0.6) is 0 Å². The molecule has 0 fully saturated rings. The molecular weight excluding hydrogens is 224 g/mol. The summed E-state index contributed by atoms with van der Waals surface area (Å²) in [4.78, 5) is 22.7. The van der Waals surface area contributed by atoms with Crippen LogP contribution in [0.3, 0.4) is 0 Å². The number of carbonyl (C=O) groups is 1. The van der Waals surface area contributed by atoms with Gasteiger partial charge in [-0.25, -0.2) is 0 Å². The molecule has 0 unspecified atom stereocenters. The number of carbonyl (C=O) groups excluding carboxylic acids is 1. The number of aromatic nitrogens is 1. The van der Waals surface area contributed by atoms with Crippen molar-refractivity contribution in [3.8, 4) is 0 Å². The van der Waals surface area contributed by atoms with Gasteiger partial charge in [-0.15, -0.1) is 0 Å². The number of nitrogens with zero attached hydrogens (tertiary/aromatic N) is 1. The van der Waals surface area contributed by atoms with E-state index in [1.165, 1.54) is 22.9 Å². The van der Waals surface area contributed by atoms with Gasteiger partial charge in [0, 0.05) is 38.1 Å². The third-order valence-electron chi connectivity index (χ3n) is 2.06. The van der Waals surface area contributed by atoms with Crippen molar-refractivity contribution in [3.05, 3.63) is 28.7 Å². The highest BCUT2D eigenvalue weighted by atomic mass is 16.5. The van der Waals surface area contributed by atoms with Crippen LogP contribution in [0.4, 0.5) is 5.69 Å². The number of nitrogen functional groups attached to an aromatic ring is 1. The van der Waals surface area contributed by atoms with Gasteiger partial charge in [0.2, 0.25) is 0 Å². The van der Waals surface area contributed by atoms with Crippen molar-refractivity contribution in [3.63, 3.8) is 0 Å². The van der Waals surface area contributed by atoms with E-state index < -0.39 is 5.97 Å². The molecule has 1 aromatic heterocycles. The lowest BCUT2D eigenvalue weighted by Gasteiger charge is -2.07. The normalized spacial score (nSPS) is 10.2. The van der Waals surface area contributed by atoms with Crippen molar-refractivity contribution in [2.45, 2.75) is 13.0 Å². The van der Waals surface area contributed by atoms with Gasteiger partial charge in [0.25, 0.3) is 5.56 Å². The molecule has 1 heterocycles. The molecule has 2 N–H and O–H groups in total. The number of nitrogens with two attached hydrogens (primary N) is 1. The average Bonchev–Trinajstić information content (AvgIpc) is 2.29. The number of hydrogen-bond acceptors (Lipinski definition) is 5. The van der Waals surface area contributed by atoms with Crippen LogP contribution < -0.4 is 11.3 Å². The summed E-state index contributed by atoms with van der Waals surface area (Å²) >= 11 is 0. The first-order valence-corrected chi connectivity index (χ1v) is 5.24. The van der Waals surface area contributed by atoms with Gasteiger partial charge in [-0.1, -0.05) is 0 Å². The van der Waals surface area contributed by atoms with Crippen molar-refractivity contribution in [1.82, 2.24) is 4.57 Å². The molecule has 1 rings (SSSR count). The lowest BCUT2D eigenvalue weighted by atomic mass is 10.4. The monoisotopic (exact) mass is 240 g/mol. The molecule has 0 saturated heterocycles. The van der Waals surface area contributed by atoms with Crippen LogP contribution in [0.15, 0.2) is 23.1 Å². The molecule has 94 valence electrons. The smallest absolute Gasteiger partial charge is 0.326 e. The van der Waals surface area contributed by atoms with E-state index >= 15 is 0 Å². The molecule has 1 aromatic rings. The fraction of sp³-hybridized carbons (Fsp3) is 0.455. The number of hydrogen-bond donors (Lipinski definition) is 1. The van der Waals surface area contributed by atoms with Crippen LogP contribution in [0, 0.1) is 0 Å². The molecule has 0 amide bonds. The van der Waals surface area contributed by atoms with Crippen molar-refractivity contribution in [2.75, 3.05) is 26.1 Å². The number of ether oxygens (including phenoxy) is 2. The van der Waals surface area contributed by atoms with Gasteiger partial charge in [0.1, 0.15) is 6.54 Å². The van der Waals surface area contributed by atoms with Gasteiger partial charge in [0.05, 0.1) is 6.61 Å². The van der Waals surface area contributed by atoms with Crippen LogP contribution in [-0.4, -0.2) is 30.9 Å². The Morgan fingerprint density at radius 2 is 2.18 bits per heavy atom. The lowest BCUT2D eigenvalue weighted by Crippen LogP contribution is -2.24. The predicted octanol–water partition coefficient (Wildman–Crippen LogP) is 0.0102. The van der Waals surface area contributed by atoms with Gasteiger partial charge < -0.3 is 19.8 Å². The molecule has 6 nitrogen and oxygen atoms in total. The first-order valence-electron chi connectivity index (χ1n) is 5.24. The summed E-state index contributed by atoms with van der Waals surface area (Å²) < 4.78 is 11.0. The molecular formula is C11H16N2O4. The highest BCUT2D eigenvalue weighted by Crippen LogP contribution is 1.96. The Hall–Kier alpha value is -1.82. The zero-order chi connectivity index (χ0) is 12.7. The minimum absolute atomic E-state index is 0.128. The SMILES string of the molecule is COCCCOC(=O)Cn1cc(N)ccc1=O. The molecule has 0 spiro atoms. The van der Waals surface area contributed by atoms with E-state index in [0.717, 1.165) is 0 Å². The zero-order valence-electron chi connectivity index (χ0n) is 9.72. The molecule has 0 aliphatic carbocycles. The van der Waals surface area contributed by atoms with Crippen LogP contribution in [-0.2, 0) is 20.8 Å². The first kappa shape index (κ1) is 13.2. The van der Waals surface area contributed by atoms with E-state index in [4.69, 9.17) is 15.2 Å². The van der Waals surface area contributed by atoms with Gasteiger partial charge >= 0.3 is 5.97 Å². The Bertz CT molecular complexity index is 428. The molecule has 0 atom stereocenters. The molecule has 0 radical (unpaired) electrons. The largest absolute Gasteiger partial charge is 0.464 e. The summed E-state index contributed by atoms with van der Waals surface area (Å²) in [6.45, 7) is 0.687. The number of methoxy groups -OCH3 is 1. The maximum absolute atomic E-state index is 11.4. The summed E-state index contributed by atoms with van der Waals surface area (Å²) in [5.41, 5.74) is 5.66. The summed E-state index contributed by atoms with van der Waals surface area (Å²) in [5, 5.41) is 0.